The quantitative estimate of drug-likeness (QED) is 0.799. The molecule has 0 aromatic carbocycles. The summed E-state index contributed by atoms with van der Waals surface area (Å²) in [5, 5.41) is 8.57. The van der Waals surface area contributed by atoms with Gasteiger partial charge in [0.15, 0.2) is 0 Å². The van der Waals surface area contributed by atoms with E-state index in [4.69, 9.17) is 10.00 Å². The molecule has 0 saturated heterocycles. The molecule has 1 rings (SSSR count). The van der Waals surface area contributed by atoms with Crippen molar-refractivity contribution in [2.75, 3.05) is 6.61 Å². The van der Waals surface area contributed by atoms with Crippen molar-refractivity contribution >= 4 is 0 Å². The van der Waals surface area contributed by atoms with E-state index in [0.717, 1.165) is 0 Å². The van der Waals surface area contributed by atoms with Gasteiger partial charge >= 0.3 is 0 Å². The van der Waals surface area contributed by atoms with E-state index in [9.17, 15) is 4.79 Å². The number of rotatable bonds is 3. The Hall–Kier alpha value is -1.67. The fraction of sp³-hybridized carbons (Fsp3) is 0.500. The molecule has 0 aliphatic carbocycles. The van der Waals surface area contributed by atoms with E-state index in [1.54, 1.807) is 19.9 Å². The largest absolute Gasteiger partial charge is 0.368 e. The number of aromatic nitrogens is 2. The molecule has 0 aliphatic heterocycles. The van der Waals surface area contributed by atoms with Gasteiger partial charge in [-0.2, -0.15) is 5.26 Å². The van der Waals surface area contributed by atoms with E-state index < -0.39 is 11.2 Å². The van der Waals surface area contributed by atoms with Gasteiger partial charge in [0, 0.05) is 6.61 Å². The molecule has 15 heavy (non-hydrogen) atoms. The average Bonchev–Trinajstić information content (AvgIpc) is 2.17. The number of hydrogen-bond acceptors (Lipinski definition) is 4. The van der Waals surface area contributed by atoms with Crippen LogP contribution in [0.5, 0.6) is 0 Å². The number of aromatic amines is 1. The molecular weight excluding hydrogens is 194 g/mol. The zero-order chi connectivity index (χ0) is 11.5. The zero-order valence-corrected chi connectivity index (χ0v) is 9.00. The summed E-state index contributed by atoms with van der Waals surface area (Å²) in [5.74, 6) is 0.424. The molecule has 0 bridgehead atoms. The third kappa shape index (κ3) is 2.42. The predicted molar refractivity (Wildman–Crippen MR) is 54.2 cm³/mol. The Labute approximate surface area is 87.7 Å². The van der Waals surface area contributed by atoms with Crippen LogP contribution in [-0.2, 0) is 10.3 Å². The van der Waals surface area contributed by atoms with Crippen molar-refractivity contribution in [2.45, 2.75) is 26.4 Å². The number of H-pyrrole nitrogens is 1. The lowest BCUT2D eigenvalue weighted by atomic mass is 10.1. The van der Waals surface area contributed by atoms with Gasteiger partial charge in [-0.1, -0.05) is 0 Å². The van der Waals surface area contributed by atoms with Crippen molar-refractivity contribution in [1.82, 2.24) is 9.97 Å². The van der Waals surface area contributed by atoms with Crippen LogP contribution in [0.15, 0.2) is 11.0 Å². The summed E-state index contributed by atoms with van der Waals surface area (Å²) in [6, 6.07) is 1.76. The van der Waals surface area contributed by atoms with E-state index in [1.165, 1.54) is 6.20 Å². The summed E-state index contributed by atoms with van der Waals surface area (Å²) in [6.45, 7) is 6.00. The second-order valence-corrected chi connectivity index (χ2v) is 3.53. The third-order valence-corrected chi connectivity index (χ3v) is 2.00. The van der Waals surface area contributed by atoms with E-state index in [1.807, 2.05) is 6.92 Å². The Balaban J connectivity index is 3.14. The van der Waals surface area contributed by atoms with Crippen LogP contribution in [-0.4, -0.2) is 16.6 Å². The van der Waals surface area contributed by atoms with Crippen LogP contribution in [0, 0.1) is 11.3 Å². The zero-order valence-electron chi connectivity index (χ0n) is 9.00. The lowest BCUT2D eigenvalue weighted by Crippen LogP contribution is -2.28. The topological polar surface area (TPSA) is 78.8 Å². The van der Waals surface area contributed by atoms with Gasteiger partial charge in [0.2, 0.25) is 0 Å². The molecule has 5 nitrogen and oxygen atoms in total. The molecule has 0 spiro atoms. The third-order valence-electron chi connectivity index (χ3n) is 2.00. The average molecular weight is 207 g/mol. The van der Waals surface area contributed by atoms with Gasteiger partial charge in [-0.3, -0.25) is 4.79 Å². The standard InChI is InChI=1S/C10H13N3O2/c1-4-15-10(2,3)9-12-6-7(5-11)8(14)13-9/h6H,4H2,1-3H3,(H,12,13,14). The number of hydrogen-bond donors (Lipinski definition) is 1. The molecule has 0 amide bonds. The first-order valence-corrected chi connectivity index (χ1v) is 4.65. The Kier molecular flexibility index (Phi) is 3.22. The van der Waals surface area contributed by atoms with Gasteiger partial charge in [0.25, 0.3) is 5.56 Å². The van der Waals surface area contributed by atoms with Crippen LogP contribution in [0.25, 0.3) is 0 Å². The molecule has 5 heteroatoms. The van der Waals surface area contributed by atoms with Crippen LogP contribution in [0.4, 0.5) is 0 Å². The molecule has 1 aromatic heterocycles. The SMILES string of the molecule is CCOC(C)(C)c1ncc(C#N)c(=O)[nH]1. The first-order valence-electron chi connectivity index (χ1n) is 4.65. The van der Waals surface area contributed by atoms with Crippen molar-refractivity contribution in [3.63, 3.8) is 0 Å². The number of nitriles is 1. The van der Waals surface area contributed by atoms with Crippen molar-refractivity contribution < 1.29 is 4.74 Å². The van der Waals surface area contributed by atoms with Crippen LogP contribution < -0.4 is 5.56 Å². The summed E-state index contributed by atoms with van der Waals surface area (Å²) in [6.07, 6.45) is 1.26. The highest BCUT2D eigenvalue weighted by molar-refractivity contribution is 5.22. The molecule has 1 aromatic rings. The van der Waals surface area contributed by atoms with E-state index in [-0.39, 0.29) is 5.56 Å². The van der Waals surface area contributed by atoms with E-state index >= 15 is 0 Å². The van der Waals surface area contributed by atoms with E-state index in [0.29, 0.717) is 12.4 Å². The highest BCUT2D eigenvalue weighted by Crippen LogP contribution is 2.19. The van der Waals surface area contributed by atoms with Crippen LogP contribution in [0.3, 0.4) is 0 Å². The summed E-state index contributed by atoms with van der Waals surface area (Å²) < 4.78 is 5.43. The highest BCUT2D eigenvalue weighted by Gasteiger charge is 2.23. The van der Waals surface area contributed by atoms with Gasteiger partial charge in [0.05, 0.1) is 6.20 Å². The first-order chi connectivity index (χ1) is 7.01. The lowest BCUT2D eigenvalue weighted by molar-refractivity contribution is -0.0210. The number of ether oxygens (including phenoxy) is 1. The maximum atomic E-state index is 11.3. The molecule has 80 valence electrons. The summed E-state index contributed by atoms with van der Waals surface area (Å²) in [4.78, 5) is 17.9. The lowest BCUT2D eigenvalue weighted by Gasteiger charge is -2.22. The molecule has 0 saturated carbocycles. The molecule has 1 N–H and O–H groups in total. The van der Waals surface area contributed by atoms with Crippen LogP contribution in [0.2, 0.25) is 0 Å². The highest BCUT2D eigenvalue weighted by atomic mass is 16.5. The molecule has 0 fully saturated rings. The van der Waals surface area contributed by atoms with Crippen molar-refractivity contribution in [1.29, 1.82) is 5.26 Å². The van der Waals surface area contributed by atoms with Crippen molar-refractivity contribution in [3.8, 4) is 6.07 Å². The maximum absolute atomic E-state index is 11.3. The second kappa shape index (κ2) is 4.24. The Morgan fingerprint density at radius 1 is 1.67 bits per heavy atom. The minimum Gasteiger partial charge on any atom is -0.368 e. The van der Waals surface area contributed by atoms with Crippen molar-refractivity contribution in [2.24, 2.45) is 0 Å². The second-order valence-electron chi connectivity index (χ2n) is 3.53. The number of nitrogens with zero attached hydrogens (tertiary/aromatic N) is 2. The minimum absolute atomic E-state index is 0.00560. The summed E-state index contributed by atoms with van der Waals surface area (Å²) in [7, 11) is 0. The summed E-state index contributed by atoms with van der Waals surface area (Å²) in [5.41, 5.74) is -1.08. The first kappa shape index (κ1) is 11.4. The van der Waals surface area contributed by atoms with E-state index in [2.05, 4.69) is 9.97 Å². The normalized spacial score (nSPS) is 11.1. The Bertz CT molecular complexity index is 443. The molecule has 0 unspecified atom stereocenters. The fourth-order valence-electron chi connectivity index (χ4n) is 1.21. The molecule has 0 aliphatic rings. The van der Waals surface area contributed by atoms with Gasteiger partial charge in [-0.15, -0.1) is 0 Å². The molecule has 1 heterocycles. The maximum Gasteiger partial charge on any atom is 0.268 e. The molecule has 0 radical (unpaired) electrons. The smallest absolute Gasteiger partial charge is 0.268 e. The van der Waals surface area contributed by atoms with Gasteiger partial charge in [-0.05, 0) is 20.8 Å². The molecule has 0 atom stereocenters. The van der Waals surface area contributed by atoms with Gasteiger partial charge in [-0.25, -0.2) is 4.98 Å². The monoisotopic (exact) mass is 207 g/mol. The minimum atomic E-state index is -0.651. The van der Waals surface area contributed by atoms with Gasteiger partial charge < -0.3 is 9.72 Å². The number of nitrogens with one attached hydrogen (secondary N) is 1. The fourth-order valence-corrected chi connectivity index (χ4v) is 1.21. The van der Waals surface area contributed by atoms with Gasteiger partial charge in [0.1, 0.15) is 23.1 Å². The predicted octanol–water partition coefficient (Wildman–Crippen LogP) is 0.913. The Morgan fingerprint density at radius 2 is 2.33 bits per heavy atom. The summed E-state index contributed by atoms with van der Waals surface area (Å²) >= 11 is 0. The van der Waals surface area contributed by atoms with Crippen LogP contribution in [0.1, 0.15) is 32.2 Å². The van der Waals surface area contributed by atoms with Crippen LogP contribution >= 0.6 is 0 Å². The molecular formula is C10H13N3O2. The Morgan fingerprint density at radius 3 is 2.80 bits per heavy atom. The van der Waals surface area contributed by atoms with Crippen molar-refractivity contribution in [3.05, 3.63) is 27.9 Å².